The van der Waals surface area contributed by atoms with E-state index in [1.165, 1.54) is 18.4 Å². The monoisotopic (exact) mass is 267 g/mol. The Morgan fingerprint density at radius 2 is 2.00 bits per heavy atom. The molecule has 0 saturated heterocycles. The zero-order chi connectivity index (χ0) is 14.1. The molecule has 0 spiro atoms. The number of nitrogens with one attached hydrogen (secondary N) is 1. The second-order valence-corrected chi connectivity index (χ2v) is 5.54. The largest absolute Gasteiger partial charge is 0.370 e. The number of rotatable bonds is 4. The number of aromatic nitrogens is 2. The molecule has 3 nitrogen and oxygen atoms in total. The van der Waals surface area contributed by atoms with E-state index in [2.05, 4.69) is 48.4 Å². The van der Waals surface area contributed by atoms with E-state index in [9.17, 15) is 0 Å². The van der Waals surface area contributed by atoms with Crippen LogP contribution >= 0.6 is 0 Å². The van der Waals surface area contributed by atoms with E-state index in [0.717, 1.165) is 40.9 Å². The molecule has 0 aliphatic heterocycles. The molecule has 20 heavy (non-hydrogen) atoms. The van der Waals surface area contributed by atoms with Gasteiger partial charge in [0.05, 0.1) is 0 Å². The molecule has 0 bridgehead atoms. The number of hydrogen-bond donors (Lipinski definition) is 1. The maximum absolute atomic E-state index is 4.69. The second-order valence-electron chi connectivity index (χ2n) is 5.54. The maximum atomic E-state index is 4.69. The fraction of sp³-hybridized carbons (Fsp3) is 0.412. The van der Waals surface area contributed by atoms with E-state index >= 15 is 0 Å². The van der Waals surface area contributed by atoms with Crippen molar-refractivity contribution >= 4 is 5.82 Å². The average Bonchev–Trinajstić information content (AvgIpc) is 3.28. The molecular formula is C17H21N3. The molecular weight excluding hydrogens is 246 g/mol. The summed E-state index contributed by atoms with van der Waals surface area (Å²) in [7, 11) is 0. The predicted molar refractivity (Wildman–Crippen MR) is 83.1 cm³/mol. The van der Waals surface area contributed by atoms with Gasteiger partial charge < -0.3 is 5.32 Å². The minimum atomic E-state index is 0.759. The molecule has 0 radical (unpaired) electrons. The van der Waals surface area contributed by atoms with E-state index in [-0.39, 0.29) is 0 Å². The van der Waals surface area contributed by atoms with Gasteiger partial charge in [-0.2, -0.15) is 0 Å². The molecule has 1 saturated carbocycles. The standard InChI is InChI=1S/C17H21N3/c1-4-18-16-11(2)12(3)19-17(20-16)15-7-5-6-14(10-15)13-8-9-13/h5-7,10,13H,4,8-9H2,1-3H3,(H,18,19,20). The Bertz CT molecular complexity index is 630. The number of aryl methyl sites for hydroxylation is 1. The molecule has 3 rings (SSSR count). The number of nitrogens with zero attached hydrogens (tertiary/aromatic N) is 2. The van der Waals surface area contributed by atoms with E-state index in [1.807, 2.05) is 6.92 Å². The summed E-state index contributed by atoms with van der Waals surface area (Å²) in [6.45, 7) is 7.08. The van der Waals surface area contributed by atoms with Gasteiger partial charge in [0.1, 0.15) is 5.82 Å². The SMILES string of the molecule is CCNc1nc(-c2cccc(C3CC3)c2)nc(C)c1C. The van der Waals surface area contributed by atoms with E-state index in [0.29, 0.717) is 0 Å². The quantitative estimate of drug-likeness (QED) is 0.907. The van der Waals surface area contributed by atoms with Crippen molar-refractivity contribution < 1.29 is 0 Å². The van der Waals surface area contributed by atoms with Crippen LogP contribution in [0.2, 0.25) is 0 Å². The molecule has 2 aromatic rings. The van der Waals surface area contributed by atoms with Crippen molar-refractivity contribution in [3.63, 3.8) is 0 Å². The fourth-order valence-electron chi connectivity index (χ4n) is 2.45. The Balaban J connectivity index is 2.02. The molecule has 1 aliphatic rings. The van der Waals surface area contributed by atoms with Crippen LogP contribution in [0.1, 0.15) is 42.5 Å². The van der Waals surface area contributed by atoms with Crippen molar-refractivity contribution in [2.45, 2.75) is 39.5 Å². The molecule has 0 unspecified atom stereocenters. The second kappa shape index (κ2) is 5.23. The topological polar surface area (TPSA) is 37.8 Å². The van der Waals surface area contributed by atoms with Crippen LogP contribution in [0.5, 0.6) is 0 Å². The Morgan fingerprint density at radius 1 is 1.20 bits per heavy atom. The lowest BCUT2D eigenvalue weighted by Gasteiger charge is -2.11. The van der Waals surface area contributed by atoms with Crippen LogP contribution in [0.25, 0.3) is 11.4 Å². The molecule has 0 amide bonds. The predicted octanol–water partition coefficient (Wildman–Crippen LogP) is 4.07. The maximum Gasteiger partial charge on any atom is 0.161 e. The lowest BCUT2D eigenvalue weighted by Crippen LogP contribution is -2.06. The van der Waals surface area contributed by atoms with Crippen molar-refractivity contribution in [3.8, 4) is 11.4 Å². The summed E-state index contributed by atoms with van der Waals surface area (Å²) >= 11 is 0. The van der Waals surface area contributed by atoms with Crippen LogP contribution in [-0.4, -0.2) is 16.5 Å². The first-order valence-electron chi connectivity index (χ1n) is 7.38. The summed E-state index contributed by atoms with van der Waals surface area (Å²) in [6, 6.07) is 8.69. The van der Waals surface area contributed by atoms with Gasteiger partial charge in [-0.1, -0.05) is 18.2 Å². The third-order valence-electron chi connectivity index (χ3n) is 3.93. The zero-order valence-corrected chi connectivity index (χ0v) is 12.4. The van der Waals surface area contributed by atoms with Gasteiger partial charge in [0.25, 0.3) is 0 Å². The van der Waals surface area contributed by atoms with Crippen molar-refractivity contribution in [2.24, 2.45) is 0 Å². The highest BCUT2D eigenvalue weighted by molar-refractivity contribution is 5.61. The number of hydrogen-bond acceptors (Lipinski definition) is 3. The summed E-state index contributed by atoms with van der Waals surface area (Å²) in [5.74, 6) is 2.54. The lowest BCUT2D eigenvalue weighted by molar-refractivity contribution is 1.04. The molecule has 0 atom stereocenters. The molecule has 104 valence electrons. The first kappa shape index (κ1) is 13.1. The van der Waals surface area contributed by atoms with Gasteiger partial charge in [0, 0.05) is 23.4 Å². The highest BCUT2D eigenvalue weighted by atomic mass is 15.0. The Kier molecular flexibility index (Phi) is 3.43. The van der Waals surface area contributed by atoms with Gasteiger partial charge in [0.2, 0.25) is 0 Å². The highest BCUT2D eigenvalue weighted by Gasteiger charge is 2.23. The number of anilines is 1. The normalized spacial score (nSPS) is 14.3. The zero-order valence-electron chi connectivity index (χ0n) is 12.4. The van der Waals surface area contributed by atoms with Crippen LogP contribution in [0.4, 0.5) is 5.82 Å². The highest BCUT2D eigenvalue weighted by Crippen LogP contribution is 2.40. The van der Waals surface area contributed by atoms with Crippen molar-refractivity contribution in [3.05, 3.63) is 41.1 Å². The van der Waals surface area contributed by atoms with Gasteiger partial charge in [-0.3, -0.25) is 0 Å². The average molecular weight is 267 g/mol. The summed E-state index contributed by atoms with van der Waals surface area (Å²) in [5, 5.41) is 3.33. The summed E-state index contributed by atoms with van der Waals surface area (Å²) in [4.78, 5) is 9.35. The van der Waals surface area contributed by atoms with Crippen molar-refractivity contribution in [2.75, 3.05) is 11.9 Å². The molecule has 1 aromatic carbocycles. The fourth-order valence-corrected chi connectivity index (χ4v) is 2.45. The first-order valence-corrected chi connectivity index (χ1v) is 7.38. The summed E-state index contributed by atoms with van der Waals surface area (Å²) in [5.41, 5.74) is 4.72. The van der Waals surface area contributed by atoms with Crippen LogP contribution in [0.15, 0.2) is 24.3 Å². The minimum Gasteiger partial charge on any atom is -0.370 e. The lowest BCUT2D eigenvalue weighted by atomic mass is 10.1. The van der Waals surface area contributed by atoms with Gasteiger partial charge in [0.15, 0.2) is 5.82 Å². The van der Waals surface area contributed by atoms with Crippen molar-refractivity contribution in [1.29, 1.82) is 0 Å². The van der Waals surface area contributed by atoms with Crippen LogP contribution in [0, 0.1) is 13.8 Å². The molecule has 1 N–H and O–H groups in total. The van der Waals surface area contributed by atoms with Gasteiger partial charge >= 0.3 is 0 Å². The van der Waals surface area contributed by atoms with Gasteiger partial charge in [-0.25, -0.2) is 9.97 Å². The first-order chi connectivity index (χ1) is 9.69. The van der Waals surface area contributed by atoms with Crippen molar-refractivity contribution in [1.82, 2.24) is 9.97 Å². The van der Waals surface area contributed by atoms with Crippen LogP contribution in [0.3, 0.4) is 0 Å². The Hall–Kier alpha value is -1.90. The molecule has 3 heteroatoms. The third kappa shape index (κ3) is 2.53. The Morgan fingerprint density at radius 3 is 2.70 bits per heavy atom. The van der Waals surface area contributed by atoms with E-state index < -0.39 is 0 Å². The van der Waals surface area contributed by atoms with Crippen LogP contribution in [-0.2, 0) is 0 Å². The van der Waals surface area contributed by atoms with E-state index in [1.54, 1.807) is 0 Å². The third-order valence-corrected chi connectivity index (χ3v) is 3.93. The summed E-state index contributed by atoms with van der Waals surface area (Å²) < 4.78 is 0. The van der Waals surface area contributed by atoms with E-state index in [4.69, 9.17) is 4.98 Å². The minimum absolute atomic E-state index is 0.759. The molecule has 1 fully saturated rings. The molecule has 1 aliphatic carbocycles. The molecule has 1 aromatic heterocycles. The smallest absolute Gasteiger partial charge is 0.161 e. The molecule has 1 heterocycles. The van der Waals surface area contributed by atoms with Gasteiger partial charge in [-0.15, -0.1) is 0 Å². The Labute approximate surface area is 120 Å². The number of benzene rings is 1. The van der Waals surface area contributed by atoms with Crippen LogP contribution < -0.4 is 5.32 Å². The summed E-state index contributed by atoms with van der Waals surface area (Å²) in [6.07, 6.45) is 2.64. The van der Waals surface area contributed by atoms with Gasteiger partial charge in [-0.05, 0) is 51.2 Å².